The molecule has 0 radical (unpaired) electrons. The molecule has 0 unspecified atom stereocenters. The molecule has 1 fully saturated rings. The van der Waals surface area contributed by atoms with Crippen molar-refractivity contribution in [1.29, 1.82) is 0 Å². The smallest absolute Gasteiger partial charge is 0.255 e. The van der Waals surface area contributed by atoms with Crippen molar-refractivity contribution < 1.29 is 16.8 Å². The summed E-state index contributed by atoms with van der Waals surface area (Å²) in [4.78, 5) is 0.0197. The fourth-order valence-electron chi connectivity index (χ4n) is 2.16. The van der Waals surface area contributed by atoms with Gasteiger partial charge in [-0.25, -0.2) is 21.6 Å². The number of rotatable bonds is 7. The van der Waals surface area contributed by atoms with E-state index in [1.165, 1.54) is 30.3 Å². The monoisotopic (exact) mass is 412 g/mol. The van der Waals surface area contributed by atoms with Crippen LogP contribution in [0.5, 0.6) is 0 Å². The quantitative estimate of drug-likeness (QED) is 0.730. The minimum Gasteiger partial charge on any atom is -0.280 e. The number of hydrogen-bond donors (Lipinski definition) is 2. The minimum atomic E-state index is -3.79. The summed E-state index contributed by atoms with van der Waals surface area (Å²) in [5.41, 5.74) is 0.842. The van der Waals surface area contributed by atoms with Crippen molar-refractivity contribution in [1.82, 2.24) is 4.72 Å². The molecule has 1 aliphatic rings. The Balaban J connectivity index is 1.75. The first-order valence-corrected chi connectivity index (χ1v) is 11.2. The summed E-state index contributed by atoms with van der Waals surface area (Å²) in [6.45, 7) is 0. The zero-order valence-corrected chi connectivity index (χ0v) is 16.0. The molecule has 9 heteroatoms. The standard InChI is InChI=1S/C17H17ClN2O4S2/c18-14-6-4-13(5-7-14)10-11-25(21,22)19-16-2-1-3-17(12-16)26(23,24)20-15-8-9-15/h1-7,10-12,15,19-20H,8-9H2. The maximum absolute atomic E-state index is 12.2. The summed E-state index contributed by atoms with van der Waals surface area (Å²) in [6.07, 6.45) is 3.07. The lowest BCUT2D eigenvalue weighted by Crippen LogP contribution is -2.25. The maximum atomic E-state index is 12.2. The van der Waals surface area contributed by atoms with Crippen molar-refractivity contribution in [3.8, 4) is 0 Å². The van der Waals surface area contributed by atoms with Gasteiger partial charge in [0, 0.05) is 11.1 Å². The van der Waals surface area contributed by atoms with Crippen molar-refractivity contribution in [2.45, 2.75) is 23.8 Å². The predicted molar refractivity (Wildman–Crippen MR) is 103 cm³/mol. The molecular formula is C17H17ClN2O4S2. The largest absolute Gasteiger partial charge is 0.280 e. The lowest BCUT2D eigenvalue weighted by Gasteiger charge is -2.08. The second-order valence-electron chi connectivity index (χ2n) is 5.92. The van der Waals surface area contributed by atoms with Gasteiger partial charge in [-0.1, -0.05) is 29.8 Å². The van der Waals surface area contributed by atoms with Crippen LogP contribution in [-0.2, 0) is 20.0 Å². The van der Waals surface area contributed by atoms with E-state index in [0.717, 1.165) is 18.2 Å². The SMILES string of the molecule is O=S(=O)(C=Cc1ccc(Cl)cc1)Nc1cccc(S(=O)(=O)NC2CC2)c1. The molecule has 138 valence electrons. The van der Waals surface area contributed by atoms with Gasteiger partial charge in [-0.2, -0.15) is 0 Å². The number of halogens is 1. The van der Waals surface area contributed by atoms with E-state index in [4.69, 9.17) is 11.6 Å². The molecule has 0 aromatic heterocycles. The first-order chi connectivity index (χ1) is 12.2. The molecule has 0 amide bonds. The van der Waals surface area contributed by atoms with Gasteiger partial charge < -0.3 is 0 Å². The zero-order valence-electron chi connectivity index (χ0n) is 13.6. The van der Waals surface area contributed by atoms with E-state index in [-0.39, 0.29) is 16.6 Å². The molecule has 1 aliphatic carbocycles. The number of nitrogens with one attached hydrogen (secondary N) is 2. The lowest BCUT2D eigenvalue weighted by atomic mass is 10.2. The third-order valence-corrected chi connectivity index (χ3v) is 6.40. The minimum absolute atomic E-state index is 0.0197. The second-order valence-corrected chi connectivity index (χ2v) is 9.64. The van der Waals surface area contributed by atoms with Crippen LogP contribution in [0.2, 0.25) is 5.02 Å². The van der Waals surface area contributed by atoms with Crippen molar-refractivity contribution in [2.24, 2.45) is 0 Å². The van der Waals surface area contributed by atoms with E-state index in [9.17, 15) is 16.8 Å². The van der Waals surface area contributed by atoms with E-state index in [0.29, 0.717) is 10.6 Å². The lowest BCUT2D eigenvalue weighted by molar-refractivity contribution is 0.581. The van der Waals surface area contributed by atoms with Gasteiger partial charge in [0.1, 0.15) is 0 Å². The summed E-state index contributed by atoms with van der Waals surface area (Å²) in [7, 11) is -7.44. The van der Waals surface area contributed by atoms with E-state index in [1.807, 2.05) is 0 Å². The average Bonchev–Trinajstić information content (AvgIpc) is 3.37. The fraction of sp³-hybridized carbons (Fsp3) is 0.176. The van der Waals surface area contributed by atoms with Gasteiger partial charge >= 0.3 is 0 Å². The van der Waals surface area contributed by atoms with Gasteiger partial charge in [-0.15, -0.1) is 0 Å². The summed E-state index contributed by atoms with van der Waals surface area (Å²) in [5, 5.41) is 1.57. The fourth-order valence-corrected chi connectivity index (χ4v) is 4.49. The molecule has 0 spiro atoms. The molecule has 2 aromatic rings. The Labute approximate surface area is 158 Å². The zero-order chi connectivity index (χ0) is 18.8. The molecule has 3 rings (SSSR count). The third-order valence-electron chi connectivity index (χ3n) is 3.61. The number of benzene rings is 2. The Kier molecular flexibility index (Phi) is 5.38. The highest BCUT2D eigenvalue weighted by atomic mass is 35.5. The number of hydrogen-bond acceptors (Lipinski definition) is 4. The van der Waals surface area contributed by atoms with Gasteiger partial charge in [0.15, 0.2) is 0 Å². The molecule has 0 aliphatic heterocycles. The Hall–Kier alpha value is -1.87. The van der Waals surface area contributed by atoms with Crippen LogP contribution >= 0.6 is 11.6 Å². The van der Waals surface area contributed by atoms with Crippen LogP contribution in [0.15, 0.2) is 58.8 Å². The summed E-state index contributed by atoms with van der Waals surface area (Å²) < 4.78 is 53.8. The van der Waals surface area contributed by atoms with Crippen LogP contribution < -0.4 is 9.44 Å². The second kappa shape index (κ2) is 7.40. The summed E-state index contributed by atoms with van der Waals surface area (Å²) >= 11 is 5.79. The molecule has 0 bridgehead atoms. The van der Waals surface area contributed by atoms with Gasteiger partial charge in [-0.05, 0) is 54.8 Å². The molecule has 0 saturated heterocycles. The highest BCUT2D eigenvalue weighted by Gasteiger charge is 2.28. The molecule has 6 nitrogen and oxygen atoms in total. The van der Waals surface area contributed by atoms with Crippen LogP contribution in [-0.4, -0.2) is 22.9 Å². The Morgan fingerprint density at radius 1 is 1.00 bits per heavy atom. The van der Waals surface area contributed by atoms with Gasteiger partial charge in [-0.3, -0.25) is 4.72 Å². The Morgan fingerprint density at radius 3 is 2.35 bits per heavy atom. The average molecular weight is 413 g/mol. The van der Waals surface area contributed by atoms with E-state index < -0.39 is 20.0 Å². The number of sulfonamides is 2. The molecule has 2 aromatic carbocycles. The van der Waals surface area contributed by atoms with Crippen molar-refractivity contribution >= 4 is 43.4 Å². The van der Waals surface area contributed by atoms with Crippen molar-refractivity contribution in [3.05, 3.63) is 64.5 Å². The van der Waals surface area contributed by atoms with Crippen molar-refractivity contribution in [3.63, 3.8) is 0 Å². The Morgan fingerprint density at radius 2 is 1.69 bits per heavy atom. The molecule has 0 heterocycles. The van der Waals surface area contributed by atoms with Crippen LogP contribution in [0.4, 0.5) is 5.69 Å². The molecule has 1 saturated carbocycles. The highest BCUT2D eigenvalue weighted by molar-refractivity contribution is 7.95. The van der Waals surface area contributed by atoms with Crippen LogP contribution in [0, 0.1) is 0 Å². The molecule has 0 atom stereocenters. The highest BCUT2D eigenvalue weighted by Crippen LogP contribution is 2.23. The van der Waals surface area contributed by atoms with Gasteiger partial charge in [0.2, 0.25) is 10.0 Å². The van der Waals surface area contributed by atoms with Gasteiger partial charge in [0.05, 0.1) is 16.0 Å². The number of anilines is 1. The first kappa shape index (κ1) is 18.9. The van der Waals surface area contributed by atoms with Crippen LogP contribution in [0.3, 0.4) is 0 Å². The van der Waals surface area contributed by atoms with E-state index in [2.05, 4.69) is 9.44 Å². The van der Waals surface area contributed by atoms with E-state index in [1.54, 1.807) is 24.3 Å². The van der Waals surface area contributed by atoms with E-state index >= 15 is 0 Å². The third kappa shape index (κ3) is 5.31. The first-order valence-electron chi connectivity index (χ1n) is 7.82. The van der Waals surface area contributed by atoms with Crippen LogP contribution in [0.25, 0.3) is 6.08 Å². The van der Waals surface area contributed by atoms with Crippen molar-refractivity contribution in [2.75, 3.05) is 4.72 Å². The molecular weight excluding hydrogens is 396 g/mol. The topological polar surface area (TPSA) is 92.3 Å². The van der Waals surface area contributed by atoms with Gasteiger partial charge in [0.25, 0.3) is 10.0 Å². The summed E-state index contributed by atoms with van der Waals surface area (Å²) in [5.74, 6) is 0. The maximum Gasteiger partial charge on any atom is 0.255 e. The molecule has 2 N–H and O–H groups in total. The Bertz CT molecular complexity index is 1030. The predicted octanol–water partition coefficient (Wildman–Crippen LogP) is 3.19. The van der Waals surface area contributed by atoms with Crippen LogP contribution in [0.1, 0.15) is 18.4 Å². The summed E-state index contributed by atoms with van der Waals surface area (Å²) in [6, 6.07) is 12.3. The normalized spacial score (nSPS) is 15.3. The molecule has 26 heavy (non-hydrogen) atoms.